The van der Waals surface area contributed by atoms with Crippen LogP contribution in [-0.4, -0.2) is 99.1 Å². The minimum absolute atomic E-state index is 0.0216. The highest BCUT2D eigenvalue weighted by molar-refractivity contribution is 7.99. The lowest BCUT2D eigenvalue weighted by atomic mass is 9.94. The number of thioether (sulfide) groups is 1. The molecule has 1 aromatic carbocycles. The van der Waals surface area contributed by atoms with Gasteiger partial charge in [0, 0.05) is 12.9 Å². The number of aromatic nitrogens is 4. The predicted molar refractivity (Wildman–Crippen MR) is 131 cm³/mol. The van der Waals surface area contributed by atoms with Gasteiger partial charge in [-0.25, -0.2) is 9.48 Å². The number of hydrogen-bond acceptors (Lipinski definition) is 12. The lowest BCUT2D eigenvalue weighted by molar-refractivity contribution is -0.255. The Bertz CT molecular complexity index is 1340. The minimum atomic E-state index is -1.95. The monoisotopic (exact) mass is 560 g/mol. The van der Waals surface area contributed by atoms with Gasteiger partial charge in [-0.2, -0.15) is 0 Å². The number of nitrogens with one attached hydrogen (secondary N) is 1. The first kappa shape index (κ1) is 27.7. The number of rotatable bonds is 12. The van der Waals surface area contributed by atoms with Crippen molar-refractivity contribution in [3.05, 3.63) is 53.8 Å². The average Bonchev–Trinajstić information content (AvgIpc) is 3.38. The SMILES string of the molecule is C=CCOC(=O)Cn1nnnc1SCC1=C(C(=O)O)N2C(=O)[C@](NC(=O)c3ccccc3OC)(OC)[C@H]2OC1. The Balaban J connectivity index is 1.51. The third-order valence-corrected chi connectivity index (χ3v) is 6.84. The molecule has 1 aromatic heterocycles. The van der Waals surface area contributed by atoms with Gasteiger partial charge < -0.3 is 29.4 Å². The molecule has 0 radical (unpaired) electrons. The molecule has 2 N–H and O–H groups in total. The fourth-order valence-corrected chi connectivity index (χ4v) is 4.86. The topological polar surface area (TPSA) is 184 Å². The molecule has 206 valence electrons. The fraction of sp³-hybridized carbons (Fsp3) is 0.348. The van der Waals surface area contributed by atoms with E-state index in [2.05, 4.69) is 27.4 Å². The summed E-state index contributed by atoms with van der Waals surface area (Å²) in [7, 11) is 2.60. The molecule has 0 aliphatic carbocycles. The number of ether oxygens (including phenoxy) is 4. The number of methoxy groups -OCH3 is 2. The summed E-state index contributed by atoms with van der Waals surface area (Å²) >= 11 is 1.04. The number of carbonyl (C=O) groups excluding carboxylic acids is 3. The van der Waals surface area contributed by atoms with Crippen LogP contribution >= 0.6 is 11.8 Å². The summed E-state index contributed by atoms with van der Waals surface area (Å²) in [4.78, 5) is 51.3. The van der Waals surface area contributed by atoms with Crippen molar-refractivity contribution in [3.63, 3.8) is 0 Å². The molecule has 0 unspecified atom stereocenters. The Hall–Kier alpha value is -4.28. The maximum Gasteiger partial charge on any atom is 0.352 e. The van der Waals surface area contributed by atoms with Gasteiger partial charge in [0.15, 0.2) is 6.23 Å². The molecule has 1 fully saturated rings. The van der Waals surface area contributed by atoms with Crippen LogP contribution in [-0.2, 0) is 35.1 Å². The van der Waals surface area contributed by atoms with E-state index in [1.54, 1.807) is 18.2 Å². The number of nitrogens with zero attached hydrogens (tertiary/aromatic N) is 5. The molecule has 39 heavy (non-hydrogen) atoms. The molecule has 0 saturated carbocycles. The molecule has 2 aliphatic heterocycles. The van der Waals surface area contributed by atoms with Crippen LogP contribution in [0.25, 0.3) is 0 Å². The van der Waals surface area contributed by atoms with Crippen LogP contribution in [0.2, 0.25) is 0 Å². The largest absolute Gasteiger partial charge is 0.496 e. The molecule has 0 spiro atoms. The standard InChI is InChI=1S/C23H24N6O9S/c1-4-9-37-16(30)10-28-22(25-26-27-28)39-12-13-11-38-21-23(36-3,20(34)29(21)17(13)19(32)33)24-18(31)14-7-5-6-8-15(14)35-2/h4-8,21H,1,9-12H2,2-3H3,(H,24,31)(H,32,33)/t21-,23+/m1/s1. The van der Waals surface area contributed by atoms with Crippen LogP contribution in [0.4, 0.5) is 0 Å². The Morgan fingerprint density at radius 1 is 1.33 bits per heavy atom. The maximum absolute atomic E-state index is 13.3. The third kappa shape index (κ3) is 5.21. The van der Waals surface area contributed by atoms with Crippen LogP contribution in [0.5, 0.6) is 5.75 Å². The van der Waals surface area contributed by atoms with Crippen molar-refractivity contribution in [1.82, 2.24) is 30.4 Å². The van der Waals surface area contributed by atoms with E-state index in [1.165, 1.54) is 31.0 Å². The first-order valence-electron chi connectivity index (χ1n) is 11.3. The zero-order chi connectivity index (χ0) is 28.2. The summed E-state index contributed by atoms with van der Waals surface area (Å²) in [6.45, 7) is 3.04. The molecule has 4 rings (SSSR count). The molecule has 15 nitrogen and oxygen atoms in total. The summed E-state index contributed by atoms with van der Waals surface area (Å²) in [5.74, 6) is -3.17. The molecule has 2 aliphatic rings. The van der Waals surface area contributed by atoms with Gasteiger partial charge in [0.2, 0.25) is 5.16 Å². The second kappa shape index (κ2) is 11.6. The van der Waals surface area contributed by atoms with Gasteiger partial charge in [-0.05, 0) is 28.1 Å². The van der Waals surface area contributed by atoms with Gasteiger partial charge in [0.05, 0.1) is 19.3 Å². The van der Waals surface area contributed by atoms with Gasteiger partial charge in [0.25, 0.3) is 17.5 Å². The number of aliphatic carboxylic acids is 1. The summed E-state index contributed by atoms with van der Waals surface area (Å²) in [6.07, 6.45) is 0.182. The lowest BCUT2D eigenvalue weighted by Gasteiger charge is -2.55. The van der Waals surface area contributed by atoms with Crippen molar-refractivity contribution in [1.29, 1.82) is 0 Å². The van der Waals surface area contributed by atoms with Gasteiger partial charge in [-0.3, -0.25) is 19.3 Å². The number of benzene rings is 1. The van der Waals surface area contributed by atoms with Crippen molar-refractivity contribution in [2.75, 3.05) is 33.2 Å². The number of β-lactam (4-membered cyclic amide) rings is 1. The molecular formula is C23H24N6O9S. The number of fused-ring (bicyclic) bond motifs is 1. The van der Waals surface area contributed by atoms with Gasteiger partial charge in [-0.15, -0.1) is 5.10 Å². The lowest BCUT2D eigenvalue weighted by Crippen LogP contribution is -2.82. The van der Waals surface area contributed by atoms with Crippen molar-refractivity contribution >= 4 is 35.5 Å². The highest BCUT2D eigenvalue weighted by Gasteiger charge is 2.67. The Kier molecular flexibility index (Phi) is 8.27. The van der Waals surface area contributed by atoms with Gasteiger partial charge in [0.1, 0.15) is 24.6 Å². The fourth-order valence-electron chi connectivity index (χ4n) is 3.99. The Morgan fingerprint density at radius 3 is 2.79 bits per heavy atom. The average molecular weight is 561 g/mol. The van der Waals surface area contributed by atoms with Gasteiger partial charge in [-0.1, -0.05) is 36.5 Å². The van der Waals surface area contributed by atoms with Crippen LogP contribution in [0.3, 0.4) is 0 Å². The minimum Gasteiger partial charge on any atom is -0.496 e. The summed E-state index contributed by atoms with van der Waals surface area (Å²) in [6, 6.07) is 6.39. The molecule has 1 saturated heterocycles. The summed E-state index contributed by atoms with van der Waals surface area (Å²) in [5.41, 5.74) is -1.86. The highest BCUT2D eigenvalue weighted by atomic mass is 32.2. The smallest absolute Gasteiger partial charge is 0.352 e. The van der Waals surface area contributed by atoms with Crippen molar-refractivity contribution in [2.24, 2.45) is 0 Å². The predicted octanol–water partition coefficient (Wildman–Crippen LogP) is -0.187. The summed E-state index contributed by atoms with van der Waals surface area (Å²) in [5, 5.41) is 23.8. The zero-order valence-corrected chi connectivity index (χ0v) is 21.7. The van der Waals surface area contributed by atoms with Gasteiger partial charge >= 0.3 is 11.9 Å². The van der Waals surface area contributed by atoms with Crippen molar-refractivity contribution in [3.8, 4) is 5.75 Å². The van der Waals surface area contributed by atoms with E-state index in [0.29, 0.717) is 0 Å². The molecule has 2 atom stereocenters. The number of carbonyl (C=O) groups is 4. The van der Waals surface area contributed by atoms with E-state index >= 15 is 0 Å². The number of para-hydroxylation sites is 1. The number of hydrogen-bond donors (Lipinski definition) is 2. The second-order valence-electron chi connectivity index (χ2n) is 8.07. The second-order valence-corrected chi connectivity index (χ2v) is 9.01. The number of carboxylic acid groups (broad SMARTS) is 1. The molecule has 0 bridgehead atoms. The van der Waals surface area contributed by atoms with Crippen molar-refractivity contribution < 1.29 is 43.2 Å². The van der Waals surface area contributed by atoms with Crippen LogP contribution in [0.1, 0.15) is 10.4 Å². The molecule has 3 heterocycles. The molecule has 2 amide bonds. The molecule has 2 aromatic rings. The first-order chi connectivity index (χ1) is 18.8. The van der Waals surface area contributed by atoms with Crippen LogP contribution in [0.15, 0.2) is 53.3 Å². The maximum atomic E-state index is 13.3. The van der Waals surface area contributed by atoms with E-state index in [0.717, 1.165) is 16.7 Å². The van der Waals surface area contributed by atoms with Crippen LogP contribution in [0, 0.1) is 0 Å². The number of esters is 1. The van der Waals surface area contributed by atoms with E-state index in [1.807, 2.05) is 0 Å². The molecule has 16 heteroatoms. The zero-order valence-electron chi connectivity index (χ0n) is 20.9. The summed E-state index contributed by atoms with van der Waals surface area (Å²) < 4.78 is 22.5. The third-order valence-electron chi connectivity index (χ3n) is 5.80. The Morgan fingerprint density at radius 2 is 2.10 bits per heavy atom. The number of amides is 2. The highest BCUT2D eigenvalue weighted by Crippen LogP contribution is 2.41. The Labute approximate surface area is 225 Å². The number of carboxylic acids is 1. The number of tetrazole rings is 1. The first-order valence-corrected chi connectivity index (χ1v) is 12.3. The van der Waals surface area contributed by atoms with E-state index in [9.17, 15) is 24.3 Å². The normalized spacial score (nSPS) is 20.1. The van der Waals surface area contributed by atoms with E-state index < -0.39 is 35.7 Å². The van der Waals surface area contributed by atoms with Crippen molar-refractivity contribution in [2.45, 2.75) is 23.7 Å². The molecular weight excluding hydrogens is 536 g/mol. The van der Waals surface area contributed by atoms with Crippen LogP contribution < -0.4 is 10.1 Å². The van der Waals surface area contributed by atoms with E-state index in [4.69, 9.17) is 18.9 Å². The van der Waals surface area contributed by atoms with E-state index in [-0.39, 0.29) is 53.3 Å². The quantitative estimate of drug-likeness (QED) is 0.115.